The van der Waals surface area contributed by atoms with Crippen molar-refractivity contribution >= 4 is 77.7 Å². The van der Waals surface area contributed by atoms with Crippen LogP contribution in [0.15, 0.2) is 101 Å². The summed E-state index contributed by atoms with van der Waals surface area (Å²) in [4.78, 5) is 143. The van der Waals surface area contributed by atoms with Gasteiger partial charge in [0.15, 0.2) is 0 Å². The Hall–Kier alpha value is -9.69. The number of carbonyl (C=O) groups excluding carboxylic acids is 13. The molecule has 0 aromatic rings. The maximum atomic E-state index is 11.4. The molecule has 8 aliphatic heterocycles. The lowest BCUT2D eigenvalue weighted by atomic mass is 10.1. The minimum absolute atomic E-state index is 0.0133. The molecule has 8 saturated heterocycles. The van der Waals surface area contributed by atoms with Crippen LogP contribution >= 0.6 is 0 Å². The second-order valence-electron chi connectivity index (χ2n) is 33.2. The average molecular weight is 2030 g/mol. The number of ether oxygens (including phenoxy) is 25. The Bertz CT molecular complexity index is 3410. The molecule has 0 aromatic heterocycles. The largest absolute Gasteiger partial charge is 0.463 e. The number of hydrogen-bond acceptors (Lipinski definition) is 39. The van der Waals surface area contributed by atoms with Gasteiger partial charge in [0.05, 0.1) is 134 Å². The summed E-state index contributed by atoms with van der Waals surface area (Å²) in [5, 5.41) is 11.8. The van der Waals surface area contributed by atoms with Crippen molar-refractivity contribution in [2.45, 2.75) is 293 Å². The van der Waals surface area contributed by atoms with Gasteiger partial charge in [-0.15, -0.1) is 0 Å². The van der Waals surface area contributed by atoms with Crippen molar-refractivity contribution in [3.8, 4) is 0 Å². The van der Waals surface area contributed by atoms with Crippen molar-refractivity contribution < 1.29 is 186 Å². The Balaban J connectivity index is 0.000000812. The maximum absolute atomic E-state index is 11.4. The molecule has 142 heavy (non-hydrogen) atoms. The van der Waals surface area contributed by atoms with Gasteiger partial charge in [-0.25, -0.2) is 43.2 Å². The van der Waals surface area contributed by atoms with E-state index in [1.807, 2.05) is 6.92 Å². The molecule has 8 rings (SSSR count). The molecule has 12 unspecified atom stereocenters. The Morgan fingerprint density at radius 1 is 0.275 bits per heavy atom. The van der Waals surface area contributed by atoms with Crippen LogP contribution in [0.25, 0.3) is 0 Å². The number of aliphatic hydroxyl groups excluding tert-OH is 1. The van der Waals surface area contributed by atoms with Gasteiger partial charge < -0.3 is 129 Å². The summed E-state index contributed by atoms with van der Waals surface area (Å²) in [5.41, 5.74) is 0. The van der Waals surface area contributed by atoms with E-state index in [4.69, 9.17) is 109 Å². The van der Waals surface area contributed by atoms with E-state index in [1.54, 1.807) is 13.8 Å². The molecule has 0 aromatic carbocycles. The van der Waals surface area contributed by atoms with Crippen molar-refractivity contribution in [1.29, 1.82) is 0 Å². The quantitative estimate of drug-likeness (QED) is 0.0247. The maximum Gasteiger partial charge on any atom is 0.407 e. The van der Waals surface area contributed by atoms with Gasteiger partial charge in [0.2, 0.25) is 0 Å². The molecule has 8 heterocycles. The van der Waals surface area contributed by atoms with Crippen LogP contribution in [0.2, 0.25) is 0 Å². The molecule has 0 saturated carbocycles. The van der Waals surface area contributed by atoms with E-state index in [1.165, 1.54) is 0 Å². The first kappa shape index (κ1) is 130. The summed E-state index contributed by atoms with van der Waals surface area (Å²) < 4.78 is 129. The molecular weight excluding hydrogens is 1860 g/mol. The fourth-order valence-electron chi connectivity index (χ4n) is 13.0. The Morgan fingerprint density at radius 3 is 0.831 bits per heavy atom. The highest BCUT2D eigenvalue weighted by molar-refractivity contribution is 5.84. The predicted octanol–water partition coefficient (Wildman–Crippen LogP) is 11.5. The number of carbonyl (C=O) groups is 13. The summed E-state index contributed by atoms with van der Waals surface area (Å²) >= 11 is 0. The molecule has 0 spiro atoms. The Kier molecular flexibility index (Phi) is 82.7. The number of rotatable bonds is 62. The van der Waals surface area contributed by atoms with Gasteiger partial charge in [0, 0.05) is 127 Å². The molecular formula is C102H163NO39. The number of hydrogen-bond donors (Lipinski definition) is 2. The lowest BCUT2D eigenvalue weighted by Crippen LogP contribution is -2.30. The van der Waals surface area contributed by atoms with E-state index >= 15 is 0 Å². The number of aliphatic hydroxyl groups is 1. The monoisotopic (exact) mass is 2030 g/mol. The summed E-state index contributed by atoms with van der Waals surface area (Å²) in [6.45, 7) is 44.5. The van der Waals surface area contributed by atoms with E-state index in [0.717, 1.165) is 249 Å². The minimum Gasteiger partial charge on any atom is -0.463 e. The molecule has 12 atom stereocenters. The van der Waals surface area contributed by atoms with Crippen LogP contribution in [0.4, 0.5) is 4.79 Å². The lowest BCUT2D eigenvalue weighted by molar-refractivity contribution is -0.149. The summed E-state index contributed by atoms with van der Waals surface area (Å²) in [5.74, 6) is -4.39. The zero-order valence-corrected chi connectivity index (χ0v) is 84.2. The van der Waals surface area contributed by atoms with Gasteiger partial charge >= 0.3 is 77.7 Å². The number of unbranched alkanes of at least 4 members (excludes halogenated alkanes) is 6. The summed E-state index contributed by atoms with van der Waals surface area (Å²) in [6, 6.07) is 0. The Labute approximate surface area is 837 Å². The second kappa shape index (κ2) is 90.1. The minimum atomic E-state index is -0.801. The predicted molar refractivity (Wildman–Crippen MR) is 517 cm³/mol. The normalized spacial score (nSPS) is 19.6. The van der Waals surface area contributed by atoms with E-state index in [2.05, 4.69) is 67.4 Å². The zero-order valence-electron chi connectivity index (χ0n) is 84.2. The van der Waals surface area contributed by atoms with Crippen molar-refractivity contribution in [3.63, 3.8) is 0 Å². The van der Waals surface area contributed by atoms with Crippen LogP contribution in [-0.4, -0.2) is 334 Å². The van der Waals surface area contributed by atoms with Gasteiger partial charge in [-0.3, -0.25) is 19.2 Å². The molecule has 1 amide bonds. The van der Waals surface area contributed by atoms with Gasteiger partial charge in [0.25, 0.3) is 0 Å². The second-order valence-corrected chi connectivity index (χ2v) is 33.2. The van der Waals surface area contributed by atoms with Crippen LogP contribution < -0.4 is 5.32 Å². The van der Waals surface area contributed by atoms with E-state index in [-0.39, 0.29) is 124 Å². The van der Waals surface area contributed by atoms with Gasteiger partial charge in [-0.05, 0) is 194 Å². The molecule has 40 nitrogen and oxygen atoms in total. The average Bonchev–Trinajstić information content (AvgIpc) is 1.56. The van der Waals surface area contributed by atoms with Gasteiger partial charge in [-0.2, -0.15) is 0 Å². The molecule has 40 heteroatoms. The fourth-order valence-corrected chi connectivity index (χ4v) is 13.0. The van der Waals surface area contributed by atoms with E-state index in [0.29, 0.717) is 144 Å². The Morgan fingerprint density at radius 2 is 0.528 bits per heavy atom. The summed E-state index contributed by atoms with van der Waals surface area (Å²) in [6.07, 6.45) is 34.3. The van der Waals surface area contributed by atoms with Crippen molar-refractivity contribution in [1.82, 2.24) is 5.32 Å². The van der Waals surface area contributed by atoms with E-state index in [9.17, 15) is 67.4 Å². The molecule has 0 aliphatic carbocycles. The van der Waals surface area contributed by atoms with Crippen LogP contribution in [0.5, 0.6) is 0 Å². The lowest BCUT2D eigenvalue weighted by Gasteiger charge is -2.22. The molecule has 8 aliphatic rings. The number of esters is 12. The number of nitrogens with one attached hydrogen (secondary N) is 1. The van der Waals surface area contributed by atoms with Gasteiger partial charge in [-0.1, -0.05) is 52.6 Å². The van der Waals surface area contributed by atoms with Crippen molar-refractivity contribution in [3.05, 3.63) is 101 Å². The third kappa shape index (κ3) is 79.7. The third-order valence-electron chi connectivity index (χ3n) is 20.7. The molecule has 2 N–H and O–H groups in total. The van der Waals surface area contributed by atoms with E-state index < -0.39 is 60.0 Å². The van der Waals surface area contributed by atoms with Crippen LogP contribution in [-0.2, 0) is 176 Å². The van der Waals surface area contributed by atoms with Crippen molar-refractivity contribution in [2.75, 3.05) is 178 Å². The molecule has 8 fully saturated rings. The van der Waals surface area contributed by atoms with Crippen molar-refractivity contribution in [2.24, 2.45) is 0 Å². The zero-order chi connectivity index (χ0) is 104. The molecule has 810 valence electrons. The fraction of sp³-hybridized carbons (Fsp3) is 0.716. The molecule has 0 radical (unpaired) electrons. The van der Waals surface area contributed by atoms with Gasteiger partial charge in [0.1, 0.15) is 64.6 Å². The SMILES string of the molecule is C=CC(=O)OC(C)COC(C)COCC1CCCO1.C=CC(=O)OC(C)COCC1CCCO1.C=CC(=O)OCC(O)COCC1CCCO1.C=CC(=O)OCCCCC(=O)OCC1CCCCO1.C=CC(=O)OCCCCC(=O)OCC1CCCO1.C=CC(=O)OCCCCCC(=O)OCC1CCCO1.C=CC(=O)OCCCCCC(=O)OCC1CCCO1.C=CC(=O)OCCNC(=O)OCC1CCCO1. The van der Waals surface area contributed by atoms with Crippen LogP contribution in [0.1, 0.15) is 220 Å². The van der Waals surface area contributed by atoms with Crippen LogP contribution in [0, 0.1) is 0 Å². The topological polar surface area (TPSA) is 485 Å². The first-order chi connectivity index (χ1) is 68.7. The summed E-state index contributed by atoms with van der Waals surface area (Å²) in [7, 11) is 0. The first-order valence-corrected chi connectivity index (χ1v) is 49.6. The smallest absolute Gasteiger partial charge is 0.407 e. The highest BCUT2D eigenvalue weighted by Gasteiger charge is 2.25. The van der Waals surface area contributed by atoms with Crippen LogP contribution in [0.3, 0.4) is 0 Å². The number of alkyl carbamates (subject to hydrolysis) is 1. The molecule has 0 bridgehead atoms. The third-order valence-corrected chi connectivity index (χ3v) is 20.7. The first-order valence-electron chi connectivity index (χ1n) is 49.6. The number of amides is 1. The highest BCUT2D eigenvalue weighted by atomic mass is 16.6. The standard InChI is InChI=1S/C14H24O5.3C14H22O5.C13H20O5.C11H17NO5.C11H18O5.C11H18O4/c1-4-14(15)19-12(3)9-18-11(2)8-16-10-13-6-5-7-17-13;1-2-13(15)18-10-6-4-8-14(16)19-11-12-7-3-5-9-17-12;2*1-2-13(15)18-9-5-3-4-8-14(16)19-11-12-7-6-10-17-12;1-2-12(14)17-8-4-3-7-13(15)18-10-11-6-5-9-16-11;1-2-10(13)16-7-5-12-11(14)17-8-9-4-3-6-15-9;1-2-11(13)16-7-9(12)6-14-8-10-4-3-5-15-10;1-3-11(12)15-9(2)7-13-8-10-5-4-6-14-10/h4,11-13H,1,5-10H2,2-3H3;3*2,12H,1,3-11H2;2,11H,1,3-10H2;2,9H,1,3-8H2,(H,12,14);2,9-10,12H,1,3-8H2;3,9-10H,1,4-8H2,2H3. The highest BCUT2D eigenvalue weighted by Crippen LogP contribution is 2.20.